The van der Waals surface area contributed by atoms with Crippen LogP contribution in [0, 0.1) is 0 Å². The summed E-state index contributed by atoms with van der Waals surface area (Å²) in [4.78, 5) is 40.6. The van der Waals surface area contributed by atoms with Crippen molar-refractivity contribution >= 4 is 40.8 Å². The number of amides is 2. The number of hydrogen-bond donors (Lipinski definition) is 2. The lowest BCUT2D eigenvalue weighted by Crippen LogP contribution is -2.50. The van der Waals surface area contributed by atoms with Crippen LogP contribution in [0.1, 0.15) is 23.7 Å². The van der Waals surface area contributed by atoms with Gasteiger partial charge in [0.25, 0.3) is 0 Å². The molecular formula is C24H29ClN4O4. The molecular weight excluding hydrogens is 444 g/mol. The van der Waals surface area contributed by atoms with Crippen LogP contribution in [0.2, 0.25) is 5.02 Å². The fourth-order valence-corrected chi connectivity index (χ4v) is 3.62. The Morgan fingerprint density at radius 3 is 2.03 bits per heavy atom. The summed E-state index contributed by atoms with van der Waals surface area (Å²) in [7, 11) is 0. The molecule has 0 aliphatic carbocycles. The zero-order valence-corrected chi connectivity index (χ0v) is 19.4. The van der Waals surface area contributed by atoms with Gasteiger partial charge < -0.3 is 15.4 Å². The molecule has 2 aromatic rings. The first-order valence-electron chi connectivity index (χ1n) is 11.0. The lowest BCUT2D eigenvalue weighted by Gasteiger charge is -2.33. The predicted octanol–water partition coefficient (Wildman–Crippen LogP) is 3.10. The van der Waals surface area contributed by atoms with Gasteiger partial charge in [0.2, 0.25) is 11.8 Å². The van der Waals surface area contributed by atoms with Crippen molar-refractivity contribution in [3.05, 3.63) is 59.1 Å². The molecule has 0 unspecified atom stereocenters. The molecule has 1 aliphatic rings. The van der Waals surface area contributed by atoms with Gasteiger partial charge in [-0.05, 0) is 42.8 Å². The number of esters is 1. The third-order valence-corrected chi connectivity index (χ3v) is 5.52. The SMILES string of the molecule is CCCOC(=O)c1ccc(NC(=O)CN2CCN(CC(=O)Nc3ccccc3Cl)CC2)cc1. The number of carbonyl (C=O) groups excluding carboxylic acids is 3. The molecule has 0 aromatic heterocycles. The van der Waals surface area contributed by atoms with Gasteiger partial charge in [-0.3, -0.25) is 19.4 Å². The van der Waals surface area contributed by atoms with Gasteiger partial charge in [0.1, 0.15) is 0 Å². The van der Waals surface area contributed by atoms with Crippen LogP contribution in [-0.4, -0.2) is 73.5 Å². The van der Waals surface area contributed by atoms with E-state index in [0.717, 1.165) is 6.42 Å². The molecule has 2 aromatic carbocycles. The van der Waals surface area contributed by atoms with Crippen LogP contribution in [0.3, 0.4) is 0 Å². The summed E-state index contributed by atoms with van der Waals surface area (Å²) in [6, 6.07) is 13.8. The number of halogens is 1. The van der Waals surface area contributed by atoms with Crippen molar-refractivity contribution in [1.29, 1.82) is 0 Å². The van der Waals surface area contributed by atoms with E-state index < -0.39 is 0 Å². The molecule has 8 nitrogen and oxygen atoms in total. The largest absolute Gasteiger partial charge is 0.462 e. The van der Waals surface area contributed by atoms with E-state index in [1.807, 2.05) is 24.0 Å². The van der Waals surface area contributed by atoms with Crippen LogP contribution < -0.4 is 10.6 Å². The Bertz CT molecular complexity index is 959. The summed E-state index contributed by atoms with van der Waals surface area (Å²) < 4.78 is 5.10. The molecule has 1 heterocycles. The maximum Gasteiger partial charge on any atom is 0.338 e. The number of rotatable bonds is 9. The number of anilines is 2. The molecule has 33 heavy (non-hydrogen) atoms. The van der Waals surface area contributed by atoms with E-state index in [1.54, 1.807) is 36.4 Å². The molecule has 2 amide bonds. The molecule has 0 radical (unpaired) electrons. The van der Waals surface area contributed by atoms with E-state index in [2.05, 4.69) is 15.5 Å². The van der Waals surface area contributed by atoms with Gasteiger partial charge in [-0.25, -0.2) is 4.79 Å². The van der Waals surface area contributed by atoms with Crippen molar-refractivity contribution in [3.8, 4) is 0 Å². The number of nitrogens with zero attached hydrogens (tertiary/aromatic N) is 2. The molecule has 0 atom stereocenters. The van der Waals surface area contributed by atoms with Crippen molar-refractivity contribution < 1.29 is 19.1 Å². The Morgan fingerprint density at radius 1 is 0.879 bits per heavy atom. The third kappa shape index (κ3) is 7.85. The molecule has 1 aliphatic heterocycles. The highest BCUT2D eigenvalue weighted by atomic mass is 35.5. The second-order valence-electron chi connectivity index (χ2n) is 7.84. The lowest BCUT2D eigenvalue weighted by atomic mass is 10.2. The zero-order valence-electron chi connectivity index (χ0n) is 18.7. The normalized spacial score (nSPS) is 14.5. The van der Waals surface area contributed by atoms with Crippen molar-refractivity contribution in [1.82, 2.24) is 9.80 Å². The van der Waals surface area contributed by atoms with Crippen LogP contribution in [0.25, 0.3) is 0 Å². The summed E-state index contributed by atoms with van der Waals surface area (Å²) in [6.45, 7) is 5.62. The third-order valence-electron chi connectivity index (χ3n) is 5.19. The minimum Gasteiger partial charge on any atom is -0.462 e. The predicted molar refractivity (Wildman–Crippen MR) is 129 cm³/mol. The number of nitrogens with one attached hydrogen (secondary N) is 2. The van der Waals surface area contributed by atoms with Gasteiger partial charge in [-0.2, -0.15) is 0 Å². The van der Waals surface area contributed by atoms with E-state index in [4.69, 9.17) is 16.3 Å². The maximum atomic E-state index is 12.4. The van der Waals surface area contributed by atoms with Crippen LogP contribution in [-0.2, 0) is 14.3 Å². The van der Waals surface area contributed by atoms with E-state index in [9.17, 15) is 14.4 Å². The van der Waals surface area contributed by atoms with Crippen molar-refractivity contribution in [2.75, 3.05) is 56.5 Å². The molecule has 1 fully saturated rings. The quantitative estimate of drug-likeness (QED) is 0.545. The lowest BCUT2D eigenvalue weighted by molar-refractivity contribution is -0.120. The molecule has 1 saturated heterocycles. The van der Waals surface area contributed by atoms with Crippen molar-refractivity contribution in [3.63, 3.8) is 0 Å². The number of para-hydroxylation sites is 1. The van der Waals surface area contributed by atoms with Crippen LogP contribution in [0.5, 0.6) is 0 Å². The average Bonchev–Trinajstić information content (AvgIpc) is 2.80. The number of carbonyl (C=O) groups is 3. The van der Waals surface area contributed by atoms with Crippen molar-refractivity contribution in [2.24, 2.45) is 0 Å². The first-order valence-corrected chi connectivity index (χ1v) is 11.4. The number of hydrogen-bond acceptors (Lipinski definition) is 6. The Kier molecular flexibility index (Phi) is 9.24. The fraction of sp³-hybridized carbons (Fsp3) is 0.375. The van der Waals surface area contributed by atoms with E-state index in [-0.39, 0.29) is 30.9 Å². The number of ether oxygens (including phenoxy) is 1. The van der Waals surface area contributed by atoms with Crippen LogP contribution in [0.15, 0.2) is 48.5 Å². The van der Waals surface area contributed by atoms with Gasteiger partial charge in [0.15, 0.2) is 0 Å². The molecule has 0 saturated carbocycles. The Balaban J connectivity index is 1.38. The maximum absolute atomic E-state index is 12.4. The molecule has 9 heteroatoms. The highest BCUT2D eigenvalue weighted by Gasteiger charge is 2.21. The smallest absolute Gasteiger partial charge is 0.338 e. The molecule has 3 rings (SSSR count). The van der Waals surface area contributed by atoms with E-state index in [1.165, 1.54) is 0 Å². The monoisotopic (exact) mass is 472 g/mol. The fourth-order valence-electron chi connectivity index (χ4n) is 3.43. The van der Waals surface area contributed by atoms with Gasteiger partial charge in [0, 0.05) is 31.9 Å². The topological polar surface area (TPSA) is 91.0 Å². The Morgan fingerprint density at radius 2 is 1.45 bits per heavy atom. The van der Waals surface area contributed by atoms with Gasteiger partial charge >= 0.3 is 5.97 Å². The minimum atomic E-state index is -0.367. The molecule has 176 valence electrons. The molecule has 2 N–H and O–H groups in total. The summed E-state index contributed by atoms with van der Waals surface area (Å²) in [5, 5.41) is 6.19. The highest BCUT2D eigenvalue weighted by Crippen LogP contribution is 2.20. The first-order chi connectivity index (χ1) is 15.9. The van der Waals surface area contributed by atoms with Crippen LogP contribution in [0.4, 0.5) is 11.4 Å². The molecule has 0 bridgehead atoms. The first kappa shape index (κ1) is 24.7. The molecule has 0 spiro atoms. The summed E-state index contributed by atoms with van der Waals surface area (Å²) in [5.74, 6) is -0.606. The summed E-state index contributed by atoms with van der Waals surface area (Å²) in [6.07, 6.45) is 0.768. The van der Waals surface area contributed by atoms with Gasteiger partial charge in [0.05, 0.1) is 36.0 Å². The standard InChI is InChI=1S/C24H29ClN4O4/c1-2-15-33-24(32)18-7-9-19(10-8-18)26-22(30)16-28-11-13-29(14-12-28)17-23(31)27-21-6-4-3-5-20(21)25/h3-10H,2,11-17H2,1H3,(H,26,30)(H,27,31). The van der Waals surface area contributed by atoms with Gasteiger partial charge in [-0.15, -0.1) is 0 Å². The Hall–Kier alpha value is -2.94. The second kappa shape index (κ2) is 12.3. The Labute approximate surface area is 198 Å². The van der Waals surface area contributed by atoms with Crippen molar-refractivity contribution in [2.45, 2.75) is 13.3 Å². The van der Waals surface area contributed by atoms with E-state index >= 15 is 0 Å². The minimum absolute atomic E-state index is 0.115. The summed E-state index contributed by atoms with van der Waals surface area (Å²) in [5.41, 5.74) is 1.68. The van der Waals surface area contributed by atoms with Gasteiger partial charge in [-0.1, -0.05) is 30.7 Å². The summed E-state index contributed by atoms with van der Waals surface area (Å²) >= 11 is 6.08. The van der Waals surface area contributed by atoms with E-state index in [0.29, 0.717) is 54.7 Å². The second-order valence-corrected chi connectivity index (χ2v) is 8.25. The van der Waals surface area contributed by atoms with Crippen LogP contribution >= 0.6 is 11.6 Å². The highest BCUT2D eigenvalue weighted by molar-refractivity contribution is 6.33. The zero-order chi connectivity index (χ0) is 23.6. The number of piperazine rings is 1. The number of benzene rings is 2. The average molecular weight is 473 g/mol.